The van der Waals surface area contributed by atoms with Crippen molar-refractivity contribution in [3.8, 4) is 6.07 Å². The molecule has 0 aliphatic rings. The highest BCUT2D eigenvalue weighted by Gasteiger charge is 2.24. The summed E-state index contributed by atoms with van der Waals surface area (Å²) in [4.78, 5) is 2.41. The van der Waals surface area contributed by atoms with E-state index in [4.69, 9.17) is 11.0 Å². The Labute approximate surface area is 101 Å². The molecule has 2 N–H and O–H groups in total. The van der Waals surface area contributed by atoms with Crippen molar-refractivity contribution in [2.45, 2.75) is 59.0 Å². The number of nitrogens with zero attached hydrogens (tertiary/aromatic N) is 2. The van der Waals surface area contributed by atoms with Crippen LogP contribution in [0.3, 0.4) is 0 Å². The van der Waals surface area contributed by atoms with Crippen molar-refractivity contribution in [2.24, 2.45) is 11.7 Å². The molecule has 0 bridgehead atoms. The molecule has 16 heavy (non-hydrogen) atoms. The predicted molar refractivity (Wildman–Crippen MR) is 69.0 cm³/mol. The van der Waals surface area contributed by atoms with Gasteiger partial charge < -0.3 is 10.6 Å². The Bertz CT molecular complexity index is 230. The van der Waals surface area contributed by atoms with E-state index in [0.29, 0.717) is 12.0 Å². The van der Waals surface area contributed by atoms with Crippen molar-refractivity contribution in [1.29, 1.82) is 5.26 Å². The normalized spacial score (nSPS) is 18.9. The van der Waals surface area contributed by atoms with Crippen molar-refractivity contribution in [2.75, 3.05) is 13.1 Å². The summed E-state index contributed by atoms with van der Waals surface area (Å²) in [7, 11) is 0. The molecule has 3 nitrogen and oxygen atoms in total. The molecule has 0 aromatic rings. The average molecular weight is 225 g/mol. The minimum Gasteiger partial charge on any atom is -0.314 e. The van der Waals surface area contributed by atoms with E-state index in [0.717, 1.165) is 19.5 Å². The summed E-state index contributed by atoms with van der Waals surface area (Å²) in [5.41, 5.74) is 5.18. The second kappa shape index (κ2) is 6.88. The molecule has 0 spiro atoms. The van der Waals surface area contributed by atoms with Gasteiger partial charge in [0.15, 0.2) is 0 Å². The number of hydrogen-bond acceptors (Lipinski definition) is 3. The van der Waals surface area contributed by atoms with Crippen molar-refractivity contribution in [1.82, 2.24) is 4.90 Å². The Kier molecular flexibility index (Phi) is 6.62. The minimum absolute atomic E-state index is 0.369. The smallest absolute Gasteiger partial charge is 0.102 e. The first-order valence-electron chi connectivity index (χ1n) is 6.30. The zero-order chi connectivity index (χ0) is 12.8. The van der Waals surface area contributed by atoms with Crippen molar-refractivity contribution >= 4 is 0 Å². The van der Waals surface area contributed by atoms with Crippen LogP contribution in [0.4, 0.5) is 0 Å². The van der Waals surface area contributed by atoms with Gasteiger partial charge in [0, 0.05) is 12.6 Å². The molecule has 0 rings (SSSR count). The van der Waals surface area contributed by atoms with Gasteiger partial charge in [-0.3, -0.25) is 0 Å². The SMILES string of the molecule is CCC(C)CN(CC)C(C)CC(C)(N)C#N. The maximum Gasteiger partial charge on any atom is 0.102 e. The summed E-state index contributed by atoms with van der Waals surface area (Å²) < 4.78 is 0. The third kappa shape index (κ3) is 5.48. The predicted octanol–water partition coefficient (Wildman–Crippen LogP) is 2.37. The van der Waals surface area contributed by atoms with Crippen LogP contribution in [0.5, 0.6) is 0 Å². The molecular weight excluding hydrogens is 198 g/mol. The van der Waals surface area contributed by atoms with Gasteiger partial charge in [0.05, 0.1) is 6.07 Å². The van der Waals surface area contributed by atoms with Gasteiger partial charge in [-0.1, -0.05) is 27.2 Å². The number of nitrogens with two attached hydrogens (primary N) is 1. The first-order valence-corrected chi connectivity index (χ1v) is 6.30. The maximum absolute atomic E-state index is 8.93. The van der Waals surface area contributed by atoms with Crippen LogP contribution in [0.2, 0.25) is 0 Å². The molecule has 0 fully saturated rings. The molecule has 0 aromatic carbocycles. The molecule has 0 aliphatic heterocycles. The summed E-state index contributed by atoms with van der Waals surface area (Å²) in [5, 5.41) is 8.93. The van der Waals surface area contributed by atoms with Crippen molar-refractivity contribution in [3.05, 3.63) is 0 Å². The van der Waals surface area contributed by atoms with Gasteiger partial charge >= 0.3 is 0 Å². The lowest BCUT2D eigenvalue weighted by Gasteiger charge is -2.33. The fraction of sp³-hybridized carbons (Fsp3) is 0.923. The lowest BCUT2D eigenvalue weighted by atomic mass is 9.95. The van der Waals surface area contributed by atoms with E-state index in [9.17, 15) is 0 Å². The molecule has 3 atom stereocenters. The largest absolute Gasteiger partial charge is 0.314 e. The van der Waals surface area contributed by atoms with E-state index in [2.05, 4.69) is 38.7 Å². The zero-order valence-corrected chi connectivity index (χ0v) is 11.5. The maximum atomic E-state index is 8.93. The molecule has 0 aromatic heterocycles. The monoisotopic (exact) mass is 225 g/mol. The topological polar surface area (TPSA) is 53.0 Å². The highest BCUT2D eigenvalue weighted by molar-refractivity contribution is 5.02. The average Bonchev–Trinajstić information content (AvgIpc) is 2.24. The lowest BCUT2D eigenvalue weighted by Crippen LogP contribution is -2.45. The van der Waals surface area contributed by atoms with Crippen LogP contribution in [0.25, 0.3) is 0 Å². The second-order valence-corrected chi connectivity index (χ2v) is 5.18. The lowest BCUT2D eigenvalue weighted by molar-refractivity contribution is 0.168. The van der Waals surface area contributed by atoms with Crippen LogP contribution in [0.15, 0.2) is 0 Å². The van der Waals surface area contributed by atoms with Gasteiger partial charge in [-0.15, -0.1) is 0 Å². The van der Waals surface area contributed by atoms with Gasteiger partial charge in [-0.25, -0.2) is 0 Å². The van der Waals surface area contributed by atoms with Crippen LogP contribution in [0.1, 0.15) is 47.5 Å². The number of rotatable bonds is 7. The molecule has 94 valence electrons. The quantitative estimate of drug-likeness (QED) is 0.723. The molecule has 0 amide bonds. The Hall–Kier alpha value is -0.590. The summed E-state index contributed by atoms with van der Waals surface area (Å²) in [6.07, 6.45) is 1.93. The Morgan fingerprint density at radius 2 is 1.94 bits per heavy atom. The van der Waals surface area contributed by atoms with Crippen molar-refractivity contribution in [3.63, 3.8) is 0 Å². The molecule has 3 unspecified atom stereocenters. The van der Waals surface area contributed by atoms with Gasteiger partial charge in [0.2, 0.25) is 0 Å². The third-order valence-electron chi connectivity index (χ3n) is 3.25. The van der Waals surface area contributed by atoms with Gasteiger partial charge in [-0.2, -0.15) is 5.26 Å². The molecule has 0 saturated carbocycles. The van der Waals surface area contributed by atoms with Gasteiger partial charge in [-0.05, 0) is 32.7 Å². The molecule has 0 saturated heterocycles. The second-order valence-electron chi connectivity index (χ2n) is 5.18. The van der Waals surface area contributed by atoms with Crippen LogP contribution < -0.4 is 5.73 Å². The highest BCUT2D eigenvalue weighted by Crippen LogP contribution is 2.15. The highest BCUT2D eigenvalue weighted by atomic mass is 15.1. The minimum atomic E-state index is -0.706. The number of hydrogen-bond donors (Lipinski definition) is 1. The number of nitriles is 1. The van der Waals surface area contributed by atoms with Crippen LogP contribution >= 0.6 is 0 Å². The Morgan fingerprint density at radius 3 is 2.31 bits per heavy atom. The van der Waals surface area contributed by atoms with Gasteiger partial charge in [0.25, 0.3) is 0 Å². The first-order chi connectivity index (χ1) is 7.36. The van der Waals surface area contributed by atoms with E-state index >= 15 is 0 Å². The van der Waals surface area contributed by atoms with E-state index in [1.54, 1.807) is 6.92 Å². The third-order valence-corrected chi connectivity index (χ3v) is 3.25. The van der Waals surface area contributed by atoms with Crippen LogP contribution in [0, 0.1) is 17.2 Å². The van der Waals surface area contributed by atoms with E-state index in [1.807, 2.05) is 0 Å². The molecule has 0 heterocycles. The fourth-order valence-electron chi connectivity index (χ4n) is 1.94. The first kappa shape index (κ1) is 15.4. The molecule has 0 radical (unpaired) electrons. The van der Waals surface area contributed by atoms with Crippen LogP contribution in [-0.2, 0) is 0 Å². The van der Waals surface area contributed by atoms with Crippen molar-refractivity contribution < 1.29 is 0 Å². The summed E-state index contributed by atoms with van der Waals surface area (Å²) in [5.74, 6) is 0.702. The summed E-state index contributed by atoms with van der Waals surface area (Å²) in [6.45, 7) is 12.7. The fourth-order valence-corrected chi connectivity index (χ4v) is 1.94. The van der Waals surface area contributed by atoms with E-state index < -0.39 is 5.54 Å². The van der Waals surface area contributed by atoms with Gasteiger partial charge in [0.1, 0.15) is 5.54 Å². The molecule has 0 aliphatic carbocycles. The zero-order valence-electron chi connectivity index (χ0n) is 11.5. The molecule has 3 heteroatoms. The molecular formula is C13H27N3. The van der Waals surface area contributed by atoms with Crippen LogP contribution in [-0.4, -0.2) is 29.6 Å². The van der Waals surface area contributed by atoms with E-state index in [1.165, 1.54) is 6.42 Å². The summed E-state index contributed by atoms with van der Waals surface area (Å²) in [6, 6.07) is 2.54. The summed E-state index contributed by atoms with van der Waals surface area (Å²) >= 11 is 0. The van der Waals surface area contributed by atoms with E-state index in [-0.39, 0.29) is 0 Å². The standard InChI is InChI=1S/C13H27N3/c1-6-11(3)9-16(7-2)12(4)8-13(5,15)10-14/h11-12H,6-9,15H2,1-5H3. The Balaban J connectivity index is 4.32. The Morgan fingerprint density at radius 1 is 1.38 bits per heavy atom.